The Morgan fingerprint density at radius 2 is 1.94 bits per heavy atom. The highest BCUT2D eigenvalue weighted by molar-refractivity contribution is 7.99. The van der Waals surface area contributed by atoms with Gasteiger partial charge in [-0.25, -0.2) is 4.39 Å². The van der Waals surface area contributed by atoms with E-state index >= 15 is 0 Å². The predicted octanol–water partition coefficient (Wildman–Crippen LogP) is 4.32. The molecule has 0 aliphatic rings. The Hall–Kier alpha value is -0.540. The molecule has 0 heterocycles. The van der Waals surface area contributed by atoms with E-state index in [9.17, 15) is 4.39 Å². The van der Waals surface area contributed by atoms with Gasteiger partial charge in [0.1, 0.15) is 5.82 Å². The van der Waals surface area contributed by atoms with Gasteiger partial charge in [0.2, 0.25) is 0 Å². The summed E-state index contributed by atoms with van der Waals surface area (Å²) in [5, 5.41) is 0. The first-order valence-electron chi connectivity index (χ1n) is 6.61. The van der Waals surface area contributed by atoms with Crippen LogP contribution in [0.1, 0.15) is 33.6 Å². The summed E-state index contributed by atoms with van der Waals surface area (Å²) in [6.45, 7) is 6.74. The summed E-state index contributed by atoms with van der Waals surface area (Å²) in [6, 6.07) is 6.89. The summed E-state index contributed by atoms with van der Waals surface area (Å²) in [7, 11) is 0. The van der Waals surface area contributed by atoms with Gasteiger partial charge in [0.15, 0.2) is 0 Å². The van der Waals surface area contributed by atoms with Crippen LogP contribution in [0.25, 0.3) is 0 Å². The average molecular weight is 269 g/mol. The zero-order chi connectivity index (χ0) is 13.5. The first-order chi connectivity index (χ1) is 8.47. The minimum Gasteiger partial charge on any atom is -0.327 e. The van der Waals surface area contributed by atoms with Crippen molar-refractivity contribution in [1.82, 2.24) is 0 Å². The molecule has 2 atom stereocenters. The molecule has 0 fully saturated rings. The number of hydrogen-bond acceptors (Lipinski definition) is 2. The second kappa shape index (κ2) is 7.80. The number of hydrogen-bond donors (Lipinski definition) is 1. The molecule has 0 radical (unpaired) electrons. The van der Waals surface area contributed by atoms with Crippen molar-refractivity contribution in [2.45, 2.75) is 44.6 Å². The number of halogens is 1. The van der Waals surface area contributed by atoms with Crippen LogP contribution in [0.2, 0.25) is 0 Å². The lowest BCUT2D eigenvalue weighted by Gasteiger charge is -2.18. The van der Waals surface area contributed by atoms with Crippen LogP contribution in [0.3, 0.4) is 0 Å². The number of thioether (sulfide) groups is 1. The van der Waals surface area contributed by atoms with Crippen molar-refractivity contribution < 1.29 is 4.39 Å². The van der Waals surface area contributed by atoms with Crippen molar-refractivity contribution in [2.75, 3.05) is 5.75 Å². The smallest absolute Gasteiger partial charge is 0.124 e. The Morgan fingerprint density at radius 3 is 2.56 bits per heavy atom. The minimum atomic E-state index is -0.179. The molecule has 2 N–H and O–H groups in total. The molecule has 0 bridgehead atoms. The topological polar surface area (TPSA) is 26.0 Å². The maximum atomic E-state index is 13.0. The van der Waals surface area contributed by atoms with E-state index in [0.717, 1.165) is 23.0 Å². The van der Waals surface area contributed by atoms with E-state index in [1.54, 1.807) is 23.9 Å². The molecular formula is C15H24FNS. The molecule has 1 rings (SSSR count). The SMILES string of the molecule is CC(C)CC(C)CC(N)CSc1cccc(F)c1. The van der Waals surface area contributed by atoms with Gasteiger partial charge in [-0.05, 0) is 42.9 Å². The second-order valence-electron chi connectivity index (χ2n) is 5.50. The Labute approximate surface area is 114 Å². The zero-order valence-electron chi connectivity index (χ0n) is 11.5. The van der Waals surface area contributed by atoms with Crippen LogP contribution in [0.4, 0.5) is 4.39 Å². The van der Waals surface area contributed by atoms with Crippen molar-refractivity contribution in [3.63, 3.8) is 0 Å². The summed E-state index contributed by atoms with van der Waals surface area (Å²) < 4.78 is 13.0. The zero-order valence-corrected chi connectivity index (χ0v) is 12.3. The van der Waals surface area contributed by atoms with Crippen LogP contribution in [-0.2, 0) is 0 Å². The third-order valence-corrected chi connectivity index (χ3v) is 4.02. The van der Waals surface area contributed by atoms with Gasteiger partial charge in [0.25, 0.3) is 0 Å². The van der Waals surface area contributed by atoms with Gasteiger partial charge in [0.05, 0.1) is 0 Å². The molecule has 0 saturated carbocycles. The summed E-state index contributed by atoms with van der Waals surface area (Å²) in [5.74, 6) is 2.06. The van der Waals surface area contributed by atoms with Crippen molar-refractivity contribution in [3.05, 3.63) is 30.1 Å². The minimum absolute atomic E-state index is 0.179. The third kappa shape index (κ3) is 6.41. The summed E-state index contributed by atoms with van der Waals surface area (Å²) in [5.41, 5.74) is 6.12. The van der Waals surface area contributed by atoms with Crippen LogP contribution in [0.5, 0.6) is 0 Å². The van der Waals surface area contributed by atoms with Crippen molar-refractivity contribution in [2.24, 2.45) is 17.6 Å². The van der Waals surface area contributed by atoms with Crippen molar-refractivity contribution >= 4 is 11.8 Å². The van der Waals surface area contributed by atoms with Gasteiger partial charge >= 0.3 is 0 Å². The molecule has 0 spiro atoms. The quantitative estimate of drug-likeness (QED) is 0.746. The van der Waals surface area contributed by atoms with Gasteiger partial charge in [-0.2, -0.15) is 0 Å². The standard InChI is InChI=1S/C15H24FNS/c1-11(2)7-12(3)8-14(17)10-18-15-6-4-5-13(16)9-15/h4-6,9,11-12,14H,7-8,10,17H2,1-3H3. The fraction of sp³-hybridized carbons (Fsp3) is 0.600. The monoisotopic (exact) mass is 269 g/mol. The summed E-state index contributed by atoms with van der Waals surface area (Å²) in [6.07, 6.45) is 2.26. The molecule has 18 heavy (non-hydrogen) atoms. The van der Waals surface area contributed by atoms with E-state index in [-0.39, 0.29) is 11.9 Å². The van der Waals surface area contributed by atoms with Gasteiger partial charge in [-0.15, -0.1) is 11.8 Å². The highest BCUT2D eigenvalue weighted by atomic mass is 32.2. The van der Waals surface area contributed by atoms with Crippen LogP contribution < -0.4 is 5.73 Å². The molecule has 0 aromatic heterocycles. The highest BCUT2D eigenvalue weighted by Gasteiger charge is 2.11. The molecule has 0 saturated heterocycles. The molecule has 0 aliphatic heterocycles. The van der Waals surface area contributed by atoms with Crippen LogP contribution in [-0.4, -0.2) is 11.8 Å². The van der Waals surface area contributed by atoms with Crippen molar-refractivity contribution in [3.8, 4) is 0 Å². The van der Waals surface area contributed by atoms with E-state index in [1.165, 1.54) is 12.5 Å². The molecule has 1 aromatic carbocycles. The molecule has 1 nitrogen and oxygen atoms in total. The lowest BCUT2D eigenvalue weighted by atomic mass is 9.93. The Kier molecular flexibility index (Phi) is 6.72. The lowest BCUT2D eigenvalue weighted by molar-refractivity contribution is 0.394. The highest BCUT2D eigenvalue weighted by Crippen LogP contribution is 2.22. The molecular weight excluding hydrogens is 245 g/mol. The largest absolute Gasteiger partial charge is 0.327 e. The van der Waals surface area contributed by atoms with E-state index < -0.39 is 0 Å². The summed E-state index contributed by atoms with van der Waals surface area (Å²) >= 11 is 1.64. The van der Waals surface area contributed by atoms with Crippen LogP contribution in [0, 0.1) is 17.7 Å². The van der Waals surface area contributed by atoms with E-state index in [1.807, 2.05) is 6.07 Å². The molecule has 1 aromatic rings. The molecule has 0 amide bonds. The van der Waals surface area contributed by atoms with Crippen LogP contribution >= 0.6 is 11.8 Å². The number of nitrogens with two attached hydrogens (primary N) is 1. The van der Waals surface area contributed by atoms with Gasteiger partial charge in [-0.1, -0.05) is 26.8 Å². The molecule has 0 aliphatic carbocycles. The third-order valence-electron chi connectivity index (χ3n) is 2.84. The predicted molar refractivity (Wildman–Crippen MR) is 78.3 cm³/mol. The molecule has 2 unspecified atom stereocenters. The maximum absolute atomic E-state index is 13.0. The Morgan fingerprint density at radius 1 is 1.22 bits per heavy atom. The number of rotatable bonds is 7. The van der Waals surface area contributed by atoms with Gasteiger partial charge in [-0.3, -0.25) is 0 Å². The normalized spacial score (nSPS) is 14.8. The summed E-state index contributed by atoms with van der Waals surface area (Å²) in [4.78, 5) is 0.960. The first-order valence-corrected chi connectivity index (χ1v) is 7.60. The fourth-order valence-corrected chi connectivity index (χ4v) is 3.16. The first kappa shape index (κ1) is 15.5. The van der Waals surface area contributed by atoms with Gasteiger partial charge < -0.3 is 5.73 Å². The average Bonchev–Trinajstić information content (AvgIpc) is 2.25. The lowest BCUT2D eigenvalue weighted by Crippen LogP contribution is -2.25. The second-order valence-corrected chi connectivity index (χ2v) is 6.59. The van der Waals surface area contributed by atoms with E-state index in [2.05, 4.69) is 20.8 Å². The van der Waals surface area contributed by atoms with E-state index in [4.69, 9.17) is 5.73 Å². The van der Waals surface area contributed by atoms with Crippen LogP contribution in [0.15, 0.2) is 29.2 Å². The molecule has 102 valence electrons. The Balaban J connectivity index is 2.30. The Bertz CT molecular complexity index is 354. The fourth-order valence-electron chi connectivity index (χ4n) is 2.25. The van der Waals surface area contributed by atoms with Crippen molar-refractivity contribution in [1.29, 1.82) is 0 Å². The van der Waals surface area contributed by atoms with Gasteiger partial charge in [0, 0.05) is 16.7 Å². The van der Waals surface area contributed by atoms with E-state index in [0.29, 0.717) is 5.92 Å². The maximum Gasteiger partial charge on any atom is 0.124 e. The molecule has 3 heteroatoms. The number of benzene rings is 1.